The largest absolute Gasteiger partial charge is 0.340 e. The molecule has 0 aromatic carbocycles. The van der Waals surface area contributed by atoms with Gasteiger partial charge in [0.1, 0.15) is 5.82 Å². The van der Waals surface area contributed by atoms with Crippen LogP contribution in [0, 0.1) is 10.5 Å². The number of aromatic nitrogens is 2. The van der Waals surface area contributed by atoms with Gasteiger partial charge in [-0.3, -0.25) is 14.2 Å². The number of hydrogen-bond donors (Lipinski definition) is 1. The van der Waals surface area contributed by atoms with Gasteiger partial charge in [-0.1, -0.05) is 0 Å². The number of nitrogens with one attached hydrogen (secondary N) is 1. The van der Waals surface area contributed by atoms with Crippen molar-refractivity contribution in [3.05, 3.63) is 25.9 Å². The fraction of sp³-hybridized carbons (Fsp3) is 0.583. The number of rotatable bonds is 3. The van der Waals surface area contributed by atoms with Crippen LogP contribution in [-0.4, -0.2) is 46.5 Å². The van der Waals surface area contributed by atoms with Gasteiger partial charge < -0.3 is 10.2 Å². The molecule has 0 saturated carbocycles. The van der Waals surface area contributed by atoms with E-state index in [2.05, 4.69) is 10.3 Å². The minimum absolute atomic E-state index is 0.0683. The van der Waals surface area contributed by atoms with Crippen LogP contribution in [0.1, 0.15) is 12.2 Å². The van der Waals surface area contributed by atoms with E-state index in [0.29, 0.717) is 22.4 Å². The molecule has 2 heterocycles. The van der Waals surface area contributed by atoms with Gasteiger partial charge in [0.05, 0.1) is 3.57 Å². The number of carbonyl (C=O) groups is 1. The predicted molar refractivity (Wildman–Crippen MR) is 80.0 cm³/mol. The summed E-state index contributed by atoms with van der Waals surface area (Å²) in [6.45, 7) is 5.36. The molecule has 19 heavy (non-hydrogen) atoms. The summed E-state index contributed by atoms with van der Waals surface area (Å²) < 4.78 is 2.15. The van der Waals surface area contributed by atoms with Crippen molar-refractivity contribution in [1.82, 2.24) is 19.8 Å². The third-order valence-corrected chi connectivity index (χ3v) is 3.96. The van der Waals surface area contributed by atoms with Crippen molar-refractivity contribution in [2.75, 3.05) is 26.2 Å². The third-order valence-electron chi connectivity index (χ3n) is 3.22. The Kier molecular flexibility index (Phi) is 4.92. The zero-order valence-electron chi connectivity index (χ0n) is 10.9. The molecule has 2 rings (SSSR count). The Morgan fingerprint density at radius 1 is 1.47 bits per heavy atom. The lowest BCUT2D eigenvalue weighted by molar-refractivity contribution is -0.132. The molecule has 0 bridgehead atoms. The summed E-state index contributed by atoms with van der Waals surface area (Å²) in [4.78, 5) is 30.0. The summed E-state index contributed by atoms with van der Waals surface area (Å²) in [7, 11) is 0. The first kappa shape index (κ1) is 14.4. The van der Waals surface area contributed by atoms with Crippen LogP contribution < -0.4 is 10.9 Å². The number of carbonyl (C=O) groups excluding carboxylic acids is 1. The molecule has 104 valence electrons. The van der Waals surface area contributed by atoms with Crippen LogP contribution in [-0.2, 0) is 11.3 Å². The molecule has 1 aromatic rings. The fourth-order valence-corrected chi connectivity index (χ4v) is 2.52. The van der Waals surface area contributed by atoms with Gasteiger partial charge in [-0.05, 0) is 29.5 Å². The van der Waals surface area contributed by atoms with Crippen molar-refractivity contribution < 1.29 is 4.79 Å². The quantitative estimate of drug-likeness (QED) is 0.754. The van der Waals surface area contributed by atoms with Crippen LogP contribution in [0.2, 0.25) is 0 Å². The van der Waals surface area contributed by atoms with Crippen LogP contribution in [0.4, 0.5) is 0 Å². The first-order chi connectivity index (χ1) is 9.09. The third kappa shape index (κ3) is 3.53. The Labute approximate surface area is 125 Å². The zero-order valence-corrected chi connectivity index (χ0v) is 13.0. The lowest BCUT2D eigenvalue weighted by atomic mass is 10.3. The Hall–Kier alpha value is -0.960. The van der Waals surface area contributed by atoms with E-state index in [-0.39, 0.29) is 11.5 Å². The lowest BCUT2D eigenvalue weighted by Gasteiger charge is -2.27. The number of piperazine rings is 1. The van der Waals surface area contributed by atoms with Crippen molar-refractivity contribution in [3.63, 3.8) is 0 Å². The van der Waals surface area contributed by atoms with Crippen LogP contribution in [0.15, 0.2) is 11.0 Å². The second-order valence-electron chi connectivity index (χ2n) is 4.49. The van der Waals surface area contributed by atoms with Gasteiger partial charge in [0.25, 0.3) is 5.56 Å². The average Bonchev–Trinajstić information content (AvgIpc) is 2.44. The molecule has 1 aromatic heterocycles. The second-order valence-corrected chi connectivity index (χ2v) is 5.65. The number of nitrogens with zero attached hydrogens (tertiary/aromatic N) is 3. The first-order valence-electron chi connectivity index (χ1n) is 6.30. The lowest BCUT2D eigenvalue weighted by Crippen LogP contribution is -2.46. The highest BCUT2D eigenvalue weighted by molar-refractivity contribution is 14.1. The van der Waals surface area contributed by atoms with E-state index in [0.717, 1.165) is 26.2 Å². The van der Waals surface area contributed by atoms with Gasteiger partial charge in [0.2, 0.25) is 5.91 Å². The van der Waals surface area contributed by atoms with E-state index in [1.54, 1.807) is 17.7 Å². The van der Waals surface area contributed by atoms with E-state index in [4.69, 9.17) is 0 Å². The summed E-state index contributed by atoms with van der Waals surface area (Å²) in [5.41, 5.74) is -0.0683. The maximum absolute atomic E-state index is 12.0. The van der Waals surface area contributed by atoms with E-state index >= 15 is 0 Å². The highest BCUT2D eigenvalue weighted by atomic mass is 127. The standard InChI is InChI=1S/C12H17IN4O2/c1-9-15-8-10(13)12(19)17(9)5-2-11(18)16-6-3-14-4-7-16/h8,14H,2-7H2,1H3. The molecule has 1 amide bonds. The van der Waals surface area contributed by atoms with Gasteiger partial charge in [0.15, 0.2) is 0 Å². The highest BCUT2D eigenvalue weighted by Crippen LogP contribution is 2.02. The van der Waals surface area contributed by atoms with Gasteiger partial charge in [-0.15, -0.1) is 0 Å². The van der Waals surface area contributed by atoms with Crippen molar-refractivity contribution in [2.24, 2.45) is 0 Å². The second kappa shape index (κ2) is 6.47. The molecule has 1 aliphatic heterocycles. The molecule has 0 atom stereocenters. The molecule has 1 aliphatic rings. The molecule has 6 nitrogen and oxygen atoms in total. The zero-order chi connectivity index (χ0) is 13.8. The first-order valence-corrected chi connectivity index (χ1v) is 7.38. The van der Waals surface area contributed by atoms with Gasteiger partial charge >= 0.3 is 0 Å². The summed E-state index contributed by atoms with van der Waals surface area (Å²) in [6.07, 6.45) is 1.91. The molecular weight excluding hydrogens is 359 g/mol. The van der Waals surface area contributed by atoms with Gasteiger partial charge in [-0.2, -0.15) is 0 Å². The van der Waals surface area contributed by atoms with Crippen LogP contribution in [0.3, 0.4) is 0 Å². The minimum atomic E-state index is -0.0683. The molecule has 1 N–H and O–H groups in total. The average molecular weight is 376 g/mol. The van der Waals surface area contributed by atoms with E-state index in [1.165, 1.54) is 0 Å². The van der Waals surface area contributed by atoms with Crippen molar-refractivity contribution in [3.8, 4) is 0 Å². The predicted octanol–water partition coefficient (Wildman–Crippen LogP) is -0.0218. The van der Waals surface area contributed by atoms with Gasteiger partial charge in [0, 0.05) is 45.3 Å². The SMILES string of the molecule is Cc1ncc(I)c(=O)n1CCC(=O)N1CCNCC1. The Balaban J connectivity index is 2.00. The topological polar surface area (TPSA) is 67.2 Å². The van der Waals surface area contributed by atoms with Crippen LogP contribution in [0.25, 0.3) is 0 Å². The summed E-state index contributed by atoms with van der Waals surface area (Å²) in [5.74, 6) is 0.755. The maximum Gasteiger partial charge on any atom is 0.266 e. The normalized spacial score (nSPS) is 15.6. The molecule has 0 aliphatic carbocycles. The molecular formula is C12H17IN4O2. The van der Waals surface area contributed by atoms with E-state index < -0.39 is 0 Å². The van der Waals surface area contributed by atoms with E-state index in [1.807, 2.05) is 27.5 Å². The summed E-state index contributed by atoms with van der Waals surface area (Å²) in [6, 6.07) is 0. The highest BCUT2D eigenvalue weighted by Gasteiger charge is 2.16. The van der Waals surface area contributed by atoms with Crippen LogP contribution >= 0.6 is 22.6 Å². The minimum Gasteiger partial charge on any atom is -0.340 e. The summed E-state index contributed by atoms with van der Waals surface area (Å²) >= 11 is 1.97. The van der Waals surface area contributed by atoms with Gasteiger partial charge in [-0.25, -0.2) is 4.98 Å². The van der Waals surface area contributed by atoms with E-state index in [9.17, 15) is 9.59 Å². The monoisotopic (exact) mass is 376 g/mol. The number of amides is 1. The molecule has 0 radical (unpaired) electrons. The smallest absolute Gasteiger partial charge is 0.266 e. The maximum atomic E-state index is 12.0. The van der Waals surface area contributed by atoms with Crippen molar-refractivity contribution >= 4 is 28.5 Å². The number of halogens is 1. The fourth-order valence-electron chi connectivity index (χ4n) is 2.09. The number of hydrogen-bond acceptors (Lipinski definition) is 4. The Morgan fingerprint density at radius 2 is 2.16 bits per heavy atom. The van der Waals surface area contributed by atoms with Crippen molar-refractivity contribution in [1.29, 1.82) is 0 Å². The van der Waals surface area contributed by atoms with Crippen LogP contribution in [0.5, 0.6) is 0 Å². The molecule has 0 unspecified atom stereocenters. The number of aryl methyl sites for hydroxylation is 1. The Morgan fingerprint density at radius 3 is 2.84 bits per heavy atom. The molecule has 1 saturated heterocycles. The molecule has 0 spiro atoms. The molecule has 7 heteroatoms. The summed E-state index contributed by atoms with van der Waals surface area (Å²) in [5, 5.41) is 3.21. The Bertz CT molecular complexity index is 523. The molecule has 1 fully saturated rings. The van der Waals surface area contributed by atoms with Crippen molar-refractivity contribution in [2.45, 2.75) is 19.9 Å².